The molecule has 17 heavy (non-hydrogen) atoms. The van der Waals surface area contributed by atoms with Crippen molar-refractivity contribution in [1.82, 2.24) is 9.97 Å². The standard InChI is InChI=1S/C13H14FN3/c1-9-6-10(2-3-12(9)14)7-11-4-5-16-13(8-15)17-11/h2-6H,7-8,15H2,1H3. The Labute approximate surface area is 99.5 Å². The highest BCUT2D eigenvalue weighted by molar-refractivity contribution is 5.27. The molecule has 1 heterocycles. The van der Waals surface area contributed by atoms with Gasteiger partial charge in [0, 0.05) is 18.3 Å². The van der Waals surface area contributed by atoms with Crippen molar-refractivity contribution in [3.8, 4) is 0 Å². The zero-order chi connectivity index (χ0) is 12.3. The van der Waals surface area contributed by atoms with E-state index in [0.29, 0.717) is 24.4 Å². The van der Waals surface area contributed by atoms with Crippen LogP contribution in [-0.4, -0.2) is 9.97 Å². The molecule has 0 amide bonds. The number of hydrogen-bond donors (Lipinski definition) is 1. The Hall–Kier alpha value is -1.81. The van der Waals surface area contributed by atoms with E-state index in [1.54, 1.807) is 19.2 Å². The molecule has 1 aromatic heterocycles. The highest BCUT2D eigenvalue weighted by atomic mass is 19.1. The number of benzene rings is 1. The fourth-order valence-corrected chi connectivity index (χ4v) is 1.66. The third kappa shape index (κ3) is 2.85. The number of halogens is 1. The van der Waals surface area contributed by atoms with Crippen LogP contribution in [0.25, 0.3) is 0 Å². The van der Waals surface area contributed by atoms with Gasteiger partial charge in [0.05, 0.1) is 6.54 Å². The third-order valence-electron chi connectivity index (χ3n) is 2.55. The molecule has 4 heteroatoms. The van der Waals surface area contributed by atoms with Crippen molar-refractivity contribution in [3.05, 3.63) is 58.9 Å². The van der Waals surface area contributed by atoms with Crippen molar-refractivity contribution in [3.63, 3.8) is 0 Å². The first-order valence-electron chi connectivity index (χ1n) is 5.45. The molecular formula is C13H14FN3. The maximum absolute atomic E-state index is 13.1. The number of aromatic nitrogens is 2. The second kappa shape index (κ2) is 5.01. The van der Waals surface area contributed by atoms with Gasteiger partial charge in [0.15, 0.2) is 0 Å². The molecule has 0 atom stereocenters. The summed E-state index contributed by atoms with van der Waals surface area (Å²) in [7, 11) is 0. The molecule has 3 nitrogen and oxygen atoms in total. The summed E-state index contributed by atoms with van der Waals surface area (Å²) in [5.74, 6) is 0.445. The van der Waals surface area contributed by atoms with E-state index in [4.69, 9.17) is 5.73 Å². The van der Waals surface area contributed by atoms with Gasteiger partial charge in [0.1, 0.15) is 11.6 Å². The summed E-state index contributed by atoms with van der Waals surface area (Å²) in [6.45, 7) is 2.08. The third-order valence-corrected chi connectivity index (χ3v) is 2.55. The first-order valence-corrected chi connectivity index (χ1v) is 5.45. The number of rotatable bonds is 3. The Morgan fingerprint density at radius 2 is 2.12 bits per heavy atom. The fraction of sp³-hybridized carbons (Fsp3) is 0.231. The van der Waals surface area contributed by atoms with Gasteiger partial charge in [-0.1, -0.05) is 12.1 Å². The van der Waals surface area contributed by atoms with Crippen molar-refractivity contribution in [2.24, 2.45) is 5.73 Å². The summed E-state index contributed by atoms with van der Waals surface area (Å²) in [4.78, 5) is 8.34. The van der Waals surface area contributed by atoms with Crippen LogP contribution in [-0.2, 0) is 13.0 Å². The lowest BCUT2D eigenvalue weighted by Crippen LogP contribution is -2.05. The quantitative estimate of drug-likeness (QED) is 0.878. The van der Waals surface area contributed by atoms with Crippen molar-refractivity contribution in [1.29, 1.82) is 0 Å². The summed E-state index contributed by atoms with van der Waals surface area (Å²) in [6.07, 6.45) is 2.36. The van der Waals surface area contributed by atoms with E-state index in [1.807, 2.05) is 12.1 Å². The molecule has 0 fully saturated rings. The van der Waals surface area contributed by atoms with Gasteiger partial charge >= 0.3 is 0 Å². The van der Waals surface area contributed by atoms with E-state index in [0.717, 1.165) is 11.3 Å². The van der Waals surface area contributed by atoms with Crippen LogP contribution < -0.4 is 5.73 Å². The molecule has 0 aliphatic heterocycles. The predicted octanol–water partition coefficient (Wildman–Crippen LogP) is 1.97. The molecule has 1 aromatic carbocycles. The van der Waals surface area contributed by atoms with Gasteiger partial charge in [0.2, 0.25) is 0 Å². The number of aryl methyl sites for hydroxylation is 1. The largest absolute Gasteiger partial charge is 0.324 e. The SMILES string of the molecule is Cc1cc(Cc2ccnc(CN)n2)ccc1F. The van der Waals surface area contributed by atoms with Crippen molar-refractivity contribution in [2.45, 2.75) is 19.9 Å². The summed E-state index contributed by atoms with van der Waals surface area (Å²) in [5, 5.41) is 0. The lowest BCUT2D eigenvalue weighted by atomic mass is 10.1. The fourth-order valence-electron chi connectivity index (χ4n) is 1.66. The Balaban J connectivity index is 2.22. The van der Waals surface area contributed by atoms with E-state index in [-0.39, 0.29) is 5.82 Å². The molecule has 0 unspecified atom stereocenters. The smallest absolute Gasteiger partial charge is 0.142 e. The van der Waals surface area contributed by atoms with Crippen LogP contribution in [0, 0.1) is 12.7 Å². The predicted molar refractivity (Wildman–Crippen MR) is 63.9 cm³/mol. The molecule has 0 saturated heterocycles. The van der Waals surface area contributed by atoms with Crippen molar-refractivity contribution in [2.75, 3.05) is 0 Å². The van der Waals surface area contributed by atoms with Crippen LogP contribution in [0.15, 0.2) is 30.5 Å². The molecule has 0 aliphatic carbocycles. The van der Waals surface area contributed by atoms with Crippen molar-refractivity contribution >= 4 is 0 Å². The lowest BCUT2D eigenvalue weighted by Gasteiger charge is -2.04. The van der Waals surface area contributed by atoms with E-state index in [9.17, 15) is 4.39 Å². The van der Waals surface area contributed by atoms with E-state index < -0.39 is 0 Å². The van der Waals surface area contributed by atoms with Gasteiger partial charge in [-0.15, -0.1) is 0 Å². The second-order valence-corrected chi connectivity index (χ2v) is 3.93. The topological polar surface area (TPSA) is 51.8 Å². The maximum atomic E-state index is 13.1. The van der Waals surface area contributed by atoms with Gasteiger partial charge in [-0.2, -0.15) is 0 Å². The van der Waals surface area contributed by atoms with Crippen LogP contribution in [0.5, 0.6) is 0 Å². The van der Waals surface area contributed by atoms with Gasteiger partial charge in [0.25, 0.3) is 0 Å². The first-order chi connectivity index (χ1) is 8.19. The van der Waals surface area contributed by atoms with Crippen LogP contribution in [0.2, 0.25) is 0 Å². The molecule has 2 N–H and O–H groups in total. The van der Waals surface area contributed by atoms with Gasteiger partial charge in [-0.25, -0.2) is 14.4 Å². The van der Waals surface area contributed by atoms with Crippen LogP contribution in [0.3, 0.4) is 0 Å². The zero-order valence-corrected chi connectivity index (χ0v) is 9.65. The Morgan fingerprint density at radius 1 is 1.29 bits per heavy atom. The highest BCUT2D eigenvalue weighted by Crippen LogP contribution is 2.12. The zero-order valence-electron chi connectivity index (χ0n) is 9.65. The molecule has 0 aliphatic rings. The van der Waals surface area contributed by atoms with E-state index >= 15 is 0 Å². The maximum Gasteiger partial charge on any atom is 0.142 e. The van der Waals surface area contributed by atoms with Crippen molar-refractivity contribution < 1.29 is 4.39 Å². The van der Waals surface area contributed by atoms with Gasteiger partial charge in [-0.05, 0) is 30.2 Å². The minimum atomic E-state index is -0.181. The highest BCUT2D eigenvalue weighted by Gasteiger charge is 2.02. The second-order valence-electron chi connectivity index (χ2n) is 3.93. The number of nitrogens with two attached hydrogens (primary N) is 1. The minimum absolute atomic E-state index is 0.181. The number of nitrogens with zero attached hydrogens (tertiary/aromatic N) is 2. The van der Waals surface area contributed by atoms with Crippen LogP contribution in [0.1, 0.15) is 22.6 Å². The molecule has 2 rings (SSSR count). The Morgan fingerprint density at radius 3 is 2.82 bits per heavy atom. The normalized spacial score (nSPS) is 10.5. The molecule has 0 saturated carbocycles. The molecule has 88 valence electrons. The van der Waals surface area contributed by atoms with Crippen LogP contribution >= 0.6 is 0 Å². The minimum Gasteiger partial charge on any atom is -0.324 e. The average Bonchev–Trinajstić information content (AvgIpc) is 2.34. The Bertz CT molecular complexity index is 526. The van der Waals surface area contributed by atoms with E-state index in [2.05, 4.69) is 9.97 Å². The van der Waals surface area contributed by atoms with Gasteiger partial charge < -0.3 is 5.73 Å². The monoisotopic (exact) mass is 231 g/mol. The van der Waals surface area contributed by atoms with E-state index in [1.165, 1.54) is 6.07 Å². The molecule has 2 aromatic rings. The summed E-state index contributed by atoms with van der Waals surface area (Å²) >= 11 is 0. The number of hydrogen-bond acceptors (Lipinski definition) is 3. The summed E-state index contributed by atoms with van der Waals surface area (Å²) < 4.78 is 13.1. The summed E-state index contributed by atoms with van der Waals surface area (Å²) in [5.41, 5.74) is 8.06. The molecule has 0 radical (unpaired) electrons. The van der Waals surface area contributed by atoms with Gasteiger partial charge in [-0.3, -0.25) is 0 Å². The molecule has 0 bridgehead atoms. The Kier molecular flexibility index (Phi) is 3.44. The first kappa shape index (κ1) is 11.7. The van der Waals surface area contributed by atoms with Crippen LogP contribution in [0.4, 0.5) is 4.39 Å². The lowest BCUT2D eigenvalue weighted by molar-refractivity contribution is 0.617. The molecular weight excluding hydrogens is 217 g/mol. The summed E-state index contributed by atoms with van der Waals surface area (Å²) in [6, 6.07) is 6.93. The molecule has 0 spiro atoms. The average molecular weight is 231 g/mol.